The lowest BCUT2D eigenvalue weighted by Gasteiger charge is -1.82. The quantitative estimate of drug-likeness (QED) is 0.607. The van der Waals surface area contributed by atoms with Gasteiger partial charge in [0, 0.05) is 0 Å². The summed E-state index contributed by atoms with van der Waals surface area (Å²) in [5.74, 6) is 0.644. The van der Waals surface area contributed by atoms with Gasteiger partial charge < -0.3 is 15.9 Å². The molecule has 0 aliphatic carbocycles. The van der Waals surface area contributed by atoms with Gasteiger partial charge in [-0.2, -0.15) is 0 Å². The molecule has 0 unspecified atom stereocenters. The number of phenols is 2. The molecule has 0 bridgehead atoms. The Morgan fingerprint density at radius 2 is 1.00 bits per heavy atom. The van der Waals surface area contributed by atoms with Crippen LogP contribution in [-0.4, -0.2) is 16.6 Å². The number of primary amides is 1. The van der Waals surface area contributed by atoms with Crippen molar-refractivity contribution in [3.8, 4) is 11.5 Å². The van der Waals surface area contributed by atoms with Crippen LogP contribution in [0.1, 0.15) is 0 Å². The third-order valence-corrected chi connectivity index (χ3v) is 1.51. The maximum atomic E-state index is 8.63. The third kappa shape index (κ3) is 9.81. The summed E-state index contributed by atoms with van der Waals surface area (Å²) in [6.45, 7) is 0. The van der Waals surface area contributed by atoms with Crippen molar-refractivity contribution in [1.29, 1.82) is 0 Å². The Labute approximate surface area is 100.0 Å². The van der Waals surface area contributed by atoms with Crippen LogP contribution < -0.4 is 5.73 Å². The summed E-state index contributed by atoms with van der Waals surface area (Å²) in [5.41, 5.74) is 4.17. The molecule has 0 heterocycles. The molecule has 2 aromatic carbocycles. The summed E-state index contributed by atoms with van der Waals surface area (Å²) in [4.78, 5) is 8.58. The first-order valence-corrected chi connectivity index (χ1v) is 4.84. The molecule has 0 saturated heterocycles. The molecular formula is C13H15NO3. The van der Waals surface area contributed by atoms with Gasteiger partial charge in [-0.15, -0.1) is 0 Å². The van der Waals surface area contributed by atoms with Crippen molar-refractivity contribution in [2.24, 2.45) is 5.73 Å². The highest BCUT2D eigenvalue weighted by atomic mass is 16.3. The second-order valence-electron chi connectivity index (χ2n) is 2.81. The largest absolute Gasteiger partial charge is 0.508 e. The molecule has 0 saturated carbocycles. The molecule has 2 aromatic rings. The van der Waals surface area contributed by atoms with Gasteiger partial charge in [0.05, 0.1) is 0 Å². The number of carbonyl (C=O) groups excluding carboxylic acids is 1. The molecule has 0 fully saturated rings. The van der Waals surface area contributed by atoms with Crippen molar-refractivity contribution < 1.29 is 15.0 Å². The molecule has 0 aromatic heterocycles. The smallest absolute Gasteiger partial charge is 0.204 e. The van der Waals surface area contributed by atoms with Crippen LogP contribution in [0.4, 0.5) is 0 Å². The summed E-state index contributed by atoms with van der Waals surface area (Å²) in [6, 6.07) is 17.4. The standard InChI is InChI=1S/2C6H6O.CH3NO/c2*7-6-4-2-1-3-5-6;2-1-3/h2*1-5,7H;1H,(H2,2,3). The number of carbonyl (C=O) groups is 1. The maximum absolute atomic E-state index is 8.63. The van der Waals surface area contributed by atoms with Gasteiger partial charge >= 0.3 is 0 Å². The van der Waals surface area contributed by atoms with E-state index in [4.69, 9.17) is 15.0 Å². The highest BCUT2D eigenvalue weighted by Crippen LogP contribution is 2.03. The van der Waals surface area contributed by atoms with E-state index in [-0.39, 0.29) is 6.41 Å². The lowest BCUT2D eigenvalue weighted by molar-refractivity contribution is -0.106. The molecule has 0 atom stereocenters. The summed E-state index contributed by atoms with van der Waals surface area (Å²) in [6.07, 6.45) is 0.250. The normalized spacial score (nSPS) is 7.76. The summed E-state index contributed by atoms with van der Waals surface area (Å²) < 4.78 is 0. The van der Waals surface area contributed by atoms with Crippen LogP contribution in [0.5, 0.6) is 11.5 Å². The van der Waals surface area contributed by atoms with Gasteiger partial charge in [0.15, 0.2) is 0 Å². The van der Waals surface area contributed by atoms with Crippen molar-refractivity contribution in [3.05, 3.63) is 60.7 Å². The molecular weight excluding hydrogens is 218 g/mol. The Hall–Kier alpha value is -2.49. The van der Waals surface area contributed by atoms with Crippen molar-refractivity contribution >= 4 is 6.41 Å². The van der Waals surface area contributed by atoms with E-state index in [1.54, 1.807) is 48.5 Å². The fourth-order valence-corrected chi connectivity index (χ4v) is 0.856. The van der Waals surface area contributed by atoms with Crippen LogP contribution in [0.3, 0.4) is 0 Å². The summed E-state index contributed by atoms with van der Waals surface area (Å²) >= 11 is 0. The number of aromatic hydroxyl groups is 2. The van der Waals surface area contributed by atoms with Gasteiger partial charge in [-0.3, -0.25) is 4.79 Å². The number of nitrogens with two attached hydrogens (primary N) is 1. The first-order valence-electron chi connectivity index (χ1n) is 4.84. The van der Waals surface area contributed by atoms with E-state index in [9.17, 15) is 0 Å². The predicted molar refractivity (Wildman–Crippen MR) is 66.5 cm³/mol. The fraction of sp³-hybridized carbons (Fsp3) is 0. The number of phenolic OH excluding ortho intramolecular Hbond substituents is 2. The number of amides is 1. The van der Waals surface area contributed by atoms with E-state index in [1.165, 1.54) is 0 Å². The fourth-order valence-electron chi connectivity index (χ4n) is 0.856. The molecule has 4 N–H and O–H groups in total. The second kappa shape index (κ2) is 10.0. The van der Waals surface area contributed by atoms with Gasteiger partial charge in [0.1, 0.15) is 11.5 Å². The SMILES string of the molecule is NC=O.Oc1ccccc1.Oc1ccccc1. The van der Waals surface area contributed by atoms with Gasteiger partial charge in [-0.1, -0.05) is 36.4 Å². The van der Waals surface area contributed by atoms with Crippen LogP contribution in [0.15, 0.2) is 60.7 Å². The number of hydrogen-bond donors (Lipinski definition) is 3. The van der Waals surface area contributed by atoms with Crippen LogP contribution in [0.2, 0.25) is 0 Å². The van der Waals surface area contributed by atoms with Crippen LogP contribution in [0.25, 0.3) is 0 Å². The van der Waals surface area contributed by atoms with Crippen LogP contribution in [0, 0.1) is 0 Å². The Morgan fingerprint density at radius 1 is 0.765 bits per heavy atom. The first-order chi connectivity index (χ1) is 8.20. The maximum Gasteiger partial charge on any atom is 0.204 e. The average molecular weight is 233 g/mol. The minimum absolute atomic E-state index is 0.250. The van der Waals surface area contributed by atoms with Crippen LogP contribution >= 0.6 is 0 Å². The minimum atomic E-state index is 0.250. The lowest BCUT2D eigenvalue weighted by atomic mass is 10.3. The molecule has 4 heteroatoms. The lowest BCUT2D eigenvalue weighted by Crippen LogP contribution is -1.82. The number of hydrogen-bond acceptors (Lipinski definition) is 3. The molecule has 90 valence electrons. The predicted octanol–water partition coefficient (Wildman–Crippen LogP) is 1.89. The molecule has 0 aliphatic rings. The molecule has 17 heavy (non-hydrogen) atoms. The Bertz CT molecular complexity index is 352. The number of para-hydroxylation sites is 2. The highest BCUT2D eigenvalue weighted by Gasteiger charge is 1.75. The van der Waals surface area contributed by atoms with Gasteiger partial charge in [-0.25, -0.2) is 0 Å². The zero-order chi connectivity index (χ0) is 12.9. The third-order valence-electron chi connectivity index (χ3n) is 1.51. The van der Waals surface area contributed by atoms with Crippen molar-refractivity contribution in [2.75, 3.05) is 0 Å². The molecule has 0 radical (unpaired) electrons. The first kappa shape index (κ1) is 14.5. The van der Waals surface area contributed by atoms with Crippen molar-refractivity contribution in [1.82, 2.24) is 0 Å². The molecule has 2 rings (SSSR count). The van der Waals surface area contributed by atoms with Gasteiger partial charge in [0.25, 0.3) is 0 Å². The zero-order valence-electron chi connectivity index (χ0n) is 9.23. The zero-order valence-corrected chi connectivity index (χ0v) is 9.23. The Morgan fingerprint density at radius 3 is 1.12 bits per heavy atom. The Kier molecular flexibility index (Phi) is 8.57. The molecule has 1 amide bonds. The van der Waals surface area contributed by atoms with Crippen molar-refractivity contribution in [2.45, 2.75) is 0 Å². The van der Waals surface area contributed by atoms with Gasteiger partial charge in [-0.05, 0) is 24.3 Å². The summed E-state index contributed by atoms with van der Waals surface area (Å²) in [7, 11) is 0. The number of benzene rings is 2. The number of rotatable bonds is 0. The molecule has 0 spiro atoms. The van der Waals surface area contributed by atoms with E-state index in [2.05, 4.69) is 5.73 Å². The van der Waals surface area contributed by atoms with E-state index in [1.807, 2.05) is 12.1 Å². The van der Waals surface area contributed by atoms with E-state index in [0.717, 1.165) is 0 Å². The summed E-state index contributed by atoms with van der Waals surface area (Å²) in [5, 5.41) is 17.3. The van der Waals surface area contributed by atoms with E-state index < -0.39 is 0 Å². The molecule has 0 aliphatic heterocycles. The second-order valence-corrected chi connectivity index (χ2v) is 2.81. The molecule has 4 nitrogen and oxygen atoms in total. The monoisotopic (exact) mass is 233 g/mol. The minimum Gasteiger partial charge on any atom is -0.508 e. The van der Waals surface area contributed by atoms with Crippen LogP contribution in [-0.2, 0) is 4.79 Å². The van der Waals surface area contributed by atoms with Crippen molar-refractivity contribution in [3.63, 3.8) is 0 Å². The van der Waals surface area contributed by atoms with E-state index in [0.29, 0.717) is 11.5 Å². The average Bonchev–Trinajstić information content (AvgIpc) is 2.33. The Balaban J connectivity index is 0.000000247. The van der Waals surface area contributed by atoms with E-state index >= 15 is 0 Å². The van der Waals surface area contributed by atoms with Gasteiger partial charge in [0.2, 0.25) is 6.41 Å². The topological polar surface area (TPSA) is 83.6 Å². The highest BCUT2D eigenvalue weighted by molar-refractivity contribution is 5.42.